The molecule has 0 unspecified atom stereocenters. The predicted octanol–water partition coefficient (Wildman–Crippen LogP) is 4.36. The van der Waals surface area contributed by atoms with E-state index in [1.54, 1.807) is 37.3 Å². The van der Waals surface area contributed by atoms with Gasteiger partial charge in [-0.1, -0.05) is 35.9 Å². The number of fused-ring (bicyclic) bond motifs is 1. The number of benzene rings is 3. The Bertz CT molecular complexity index is 1360. The lowest BCUT2D eigenvalue weighted by Crippen LogP contribution is -2.42. The van der Waals surface area contributed by atoms with Gasteiger partial charge in [0.25, 0.3) is 15.9 Å². The van der Waals surface area contributed by atoms with Crippen molar-refractivity contribution >= 4 is 50.5 Å². The van der Waals surface area contributed by atoms with Crippen LogP contribution in [0.5, 0.6) is 0 Å². The highest BCUT2D eigenvalue weighted by Gasteiger charge is 2.29. The lowest BCUT2D eigenvalue weighted by molar-refractivity contribution is -0.115. The van der Waals surface area contributed by atoms with Crippen LogP contribution < -0.4 is 14.9 Å². The maximum Gasteiger partial charge on any atom is 0.263 e. The first-order valence-corrected chi connectivity index (χ1v) is 11.6. The third kappa shape index (κ3) is 4.19. The van der Waals surface area contributed by atoms with E-state index in [9.17, 15) is 18.0 Å². The minimum absolute atomic E-state index is 0.0175. The number of nitrogens with zero attached hydrogens (tertiary/aromatic N) is 1. The quantitative estimate of drug-likeness (QED) is 0.593. The van der Waals surface area contributed by atoms with Crippen LogP contribution >= 0.6 is 11.6 Å². The fourth-order valence-electron chi connectivity index (χ4n) is 3.46. The highest BCUT2D eigenvalue weighted by Crippen LogP contribution is 2.32. The van der Waals surface area contributed by atoms with Crippen molar-refractivity contribution in [2.75, 3.05) is 21.5 Å². The van der Waals surface area contributed by atoms with Gasteiger partial charge < -0.3 is 5.32 Å². The molecule has 0 saturated carbocycles. The maximum atomic E-state index is 13.2. The lowest BCUT2D eigenvalue weighted by atomic mass is 10.1. The Morgan fingerprint density at radius 1 is 1.06 bits per heavy atom. The molecular weight excluding hydrogens is 450 g/mol. The van der Waals surface area contributed by atoms with E-state index in [1.807, 2.05) is 19.1 Å². The maximum absolute atomic E-state index is 13.2. The number of carbonyl (C=O) groups is 2. The van der Waals surface area contributed by atoms with E-state index < -0.39 is 15.9 Å². The van der Waals surface area contributed by atoms with Crippen molar-refractivity contribution in [3.05, 3.63) is 82.4 Å². The van der Waals surface area contributed by atoms with Gasteiger partial charge in [0.15, 0.2) is 0 Å². The van der Waals surface area contributed by atoms with Crippen LogP contribution in [0.4, 0.5) is 17.1 Å². The molecule has 2 amide bonds. The van der Waals surface area contributed by atoms with Crippen molar-refractivity contribution in [2.45, 2.75) is 18.7 Å². The summed E-state index contributed by atoms with van der Waals surface area (Å²) >= 11 is 6.20. The van der Waals surface area contributed by atoms with Gasteiger partial charge >= 0.3 is 0 Å². The Morgan fingerprint density at radius 2 is 1.81 bits per heavy atom. The molecule has 4 rings (SSSR count). The summed E-state index contributed by atoms with van der Waals surface area (Å²) in [7, 11) is -4.07. The number of anilines is 3. The highest BCUT2D eigenvalue weighted by atomic mass is 35.5. The van der Waals surface area contributed by atoms with E-state index in [1.165, 1.54) is 23.1 Å². The fraction of sp³-hybridized carbons (Fsp3) is 0.130. The summed E-state index contributed by atoms with van der Waals surface area (Å²) < 4.78 is 28.8. The van der Waals surface area contributed by atoms with Crippen molar-refractivity contribution < 1.29 is 18.0 Å². The standard InChI is InChI=1S/C23H20ClN3O4S/c1-14-7-8-15(2)19(11-14)26-32(30,31)21-12-16(9-10-17(21)24)23(29)27-13-22(28)25-18-5-3-4-6-20(18)27/h3-12,26H,13H2,1-2H3,(H,25,28). The SMILES string of the molecule is Cc1ccc(C)c(NS(=O)(=O)c2cc(C(=O)N3CC(=O)Nc4ccccc43)ccc2Cl)c1. The summed E-state index contributed by atoms with van der Waals surface area (Å²) in [6.07, 6.45) is 0. The van der Waals surface area contributed by atoms with Gasteiger partial charge in [0.05, 0.1) is 22.1 Å². The van der Waals surface area contributed by atoms with Crippen LogP contribution in [0.3, 0.4) is 0 Å². The first kappa shape index (κ1) is 21.9. The molecule has 0 saturated heterocycles. The topological polar surface area (TPSA) is 95.6 Å². The normalized spacial score (nSPS) is 13.3. The number of halogens is 1. The van der Waals surface area contributed by atoms with Crippen LogP contribution in [0, 0.1) is 13.8 Å². The van der Waals surface area contributed by atoms with Crippen LogP contribution in [0.15, 0.2) is 65.6 Å². The Morgan fingerprint density at radius 3 is 2.59 bits per heavy atom. The van der Waals surface area contributed by atoms with E-state index in [-0.39, 0.29) is 27.9 Å². The average molecular weight is 470 g/mol. The molecule has 1 heterocycles. The van der Waals surface area contributed by atoms with E-state index >= 15 is 0 Å². The molecule has 9 heteroatoms. The summed E-state index contributed by atoms with van der Waals surface area (Å²) in [4.78, 5) is 26.4. The third-order valence-corrected chi connectivity index (χ3v) is 6.97. The molecule has 164 valence electrons. The highest BCUT2D eigenvalue weighted by molar-refractivity contribution is 7.92. The monoisotopic (exact) mass is 469 g/mol. The number of sulfonamides is 1. The Balaban J connectivity index is 1.71. The van der Waals surface area contributed by atoms with E-state index in [4.69, 9.17) is 11.6 Å². The number of hydrogen-bond acceptors (Lipinski definition) is 4. The zero-order valence-corrected chi connectivity index (χ0v) is 18.9. The number of amides is 2. The zero-order chi connectivity index (χ0) is 23.0. The largest absolute Gasteiger partial charge is 0.323 e. The van der Waals surface area contributed by atoms with Crippen LogP contribution in [-0.2, 0) is 14.8 Å². The predicted molar refractivity (Wildman–Crippen MR) is 125 cm³/mol. The molecule has 0 spiro atoms. The van der Waals surface area contributed by atoms with Crippen LogP contribution in [0.2, 0.25) is 5.02 Å². The molecule has 3 aromatic rings. The molecule has 2 N–H and O–H groups in total. The van der Waals surface area contributed by atoms with Crippen molar-refractivity contribution in [3.8, 4) is 0 Å². The van der Waals surface area contributed by atoms with Gasteiger partial charge in [-0.25, -0.2) is 8.42 Å². The second-order valence-corrected chi connectivity index (χ2v) is 9.58. The Kier molecular flexibility index (Phi) is 5.66. The van der Waals surface area contributed by atoms with Crippen molar-refractivity contribution in [3.63, 3.8) is 0 Å². The van der Waals surface area contributed by atoms with Gasteiger partial charge in [-0.3, -0.25) is 19.2 Å². The van der Waals surface area contributed by atoms with Crippen LogP contribution in [-0.4, -0.2) is 26.8 Å². The number of nitrogens with one attached hydrogen (secondary N) is 2. The minimum atomic E-state index is -4.07. The number of aryl methyl sites for hydroxylation is 2. The molecule has 1 aliphatic rings. The third-order valence-electron chi connectivity index (χ3n) is 5.12. The molecule has 1 aliphatic heterocycles. The molecule has 0 aromatic heterocycles. The van der Waals surface area contributed by atoms with Gasteiger partial charge in [0.2, 0.25) is 5.91 Å². The molecule has 0 radical (unpaired) electrons. The average Bonchev–Trinajstić information content (AvgIpc) is 2.75. The summed E-state index contributed by atoms with van der Waals surface area (Å²) in [6.45, 7) is 3.47. The first-order valence-electron chi connectivity index (χ1n) is 9.76. The van der Waals surface area contributed by atoms with E-state index in [0.29, 0.717) is 17.1 Å². The number of rotatable bonds is 4. The second-order valence-electron chi connectivity index (χ2n) is 7.53. The molecule has 0 aliphatic carbocycles. The van der Waals surface area contributed by atoms with E-state index in [2.05, 4.69) is 10.0 Å². The minimum Gasteiger partial charge on any atom is -0.323 e. The van der Waals surface area contributed by atoms with Crippen LogP contribution in [0.1, 0.15) is 21.5 Å². The van der Waals surface area contributed by atoms with Crippen molar-refractivity contribution in [1.82, 2.24) is 0 Å². The summed E-state index contributed by atoms with van der Waals surface area (Å²) in [5.74, 6) is -0.845. The molecule has 0 fully saturated rings. The molecule has 7 nitrogen and oxygen atoms in total. The fourth-order valence-corrected chi connectivity index (χ4v) is 5.11. The van der Waals surface area contributed by atoms with Gasteiger partial charge in [0, 0.05) is 5.56 Å². The number of carbonyl (C=O) groups excluding carboxylic acids is 2. The van der Waals surface area contributed by atoms with Crippen molar-refractivity contribution in [2.24, 2.45) is 0 Å². The molecule has 3 aromatic carbocycles. The summed E-state index contributed by atoms with van der Waals surface area (Å²) in [5.41, 5.74) is 3.21. The van der Waals surface area contributed by atoms with Gasteiger partial charge in [-0.15, -0.1) is 0 Å². The number of para-hydroxylation sites is 2. The Hall–Kier alpha value is -3.36. The number of hydrogen-bond donors (Lipinski definition) is 2. The lowest BCUT2D eigenvalue weighted by Gasteiger charge is -2.29. The van der Waals surface area contributed by atoms with Crippen LogP contribution in [0.25, 0.3) is 0 Å². The van der Waals surface area contributed by atoms with Crippen molar-refractivity contribution in [1.29, 1.82) is 0 Å². The summed E-state index contributed by atoms with van der Waals surface area (Å²) in [6, 6.07) is 16.4. The molecule has 32 heavy (non-hydrogen) atoms. The second kappa shape index (κ2) is 8.29. The van der Waals surface area contributed by atoms with Gasteiger partial charge in [-0.2, -0.15) is 0 Å². The van der Waals surface area contributed by atoms with Gasteiger partial charge in [-0.05, 0) is 61.4 Å². The molecule has 0 atom stereocenters. The molecular formula is C23H20ClN3O4S. The smallest absolute Gasteiger partial charge is 0.263 e. The van der Waals surface area contributed by atoms with E-state index in [0.717, 1.165) is 11.1 Å². The summed E-state index contributed by atoms with van der Waals surface area (Å²) in [5, 5.41) is 2.70. The molecule has 0 bridgehead atoms. The van der Waals surface area contributed by atoms with Gasteiger partial charge in [0.1, 0.15) is 11.4 Å². The Labute approximate surface area is 191 Å². The zero-order valence-electron chi connectivity index (χ0n) is 17.3. The first-order chi connectivity index (χ1) is 15.2.